The number of aliphatic hydroxyl groups excluding tert-OH is 2. The summed E-state index contributed by atoms with van der Waals surface area (Å²) >= 11 is 0. The van der Waals surface area contributed by atoms with Gasteiger partial charge in [-0.25, -0.2) is 13.4 Å². The highest BCUT2D eigenvalue weighted by molar-refractivity contribution is 7.91. The number of hydrogen-bond acceptors (Lipinski definition) is 12. The summed E-state index contributed by atoms with van der Waals surface area (Å²) in [6, 6.07) is 17.9. The van der Waals surface area contributed by atoms with Gasteiger partial charge in [-0.2, -0.15) is 10.4 Å². The Balaban J connectivity index is 1.85. The molecular formula is C31H41N7O5S. The Morgan fingerprint density at radius 2 is 1.75 bits per heavy atom. The quantitative estimate of drug-likeness (QED) is 0.115. The molecule has 236 valence electrons. The maximum Gasteiger partial charge on any atom is 0.179 e. The summed E-state index contributed by atoms with van der Waals surface area (Å²) in [5.74, 6) is 0.666. The van der Waals surface area contributed by atoms with Crippen molar-refractivity contribution in [3.63, 3.8) is 0 Å². The van der Waals surface area contributed by atoms with Crippen molar-refractivity contribution in [3.8, 4) is 6.07 Å². The lowest BCUT2D eigenvalue weighted by atomic mass is 10.1. The van der Waals surface area contributed by atoms with Crippen LogP contribution in [-0.4, -0.2) is 86.4 Å². The number of pyridine rings is 1. The standard InChI is InChI=1S/C31H41N7O5S/c1-4-23(2)38(15-17-39)16-21-44(41,42)27-12-10-26(11-13-27)36-37-29-24(3)28(22-32)30(34-25-8-6-5-7-9-25)35-31(29)33-14-19-43-20-18-40/h5-13,23,39-40H,4,14-21H2,1-3H3,(H2,33,34,35)/b37-36+. The third-order valence-corrected chi connectivity index (χ3v) is 8.76. The first kappa shape index (κ1) is 34.6. The van der Waals surface area contributed by atoms with Gasteiger partial charge in [-0.3, -0.25) is 4.90 Å². The topological polar surface area (TPSA) is 173 Å². The second-order valence-electron chi connectivity index (χ2n) is 10.1. The molecular weight excluding hydrogens is 582 g/mol. The highest BCUT2D eigenvalue weighted by Crippen LogP contribution is 2.35. The van der Waals surface area contributed by atoms with Crippen LogP contribution in [0, 0.1) is 18.3 Å². The van der Waals surface area contributed by atoms with E-state index in [2.05, 4.69) is 31.9 Å². The molecule has 0 aliphatic carbocycles. The van der Waals surface area contributed by atoms with Gasteiger partial charge in [0.15, 0.2) is 21.5 Å². The van der Waals surface area contributed by atoms with Crippen molar-refractivity contribution in [1.29, 1.82) is 5.26 Å². The summed E-state index contributed by atoms with van der Waals surface area (Å²) in [6.45, 7) is 7.30. The van der Waals surface area contributed by atoms with Crippen molar-refractivity contribution in [2.45, 2.75) is 38.1 Å². The highest BCUT2D eigenvalue weighted by atomic mass is 32.2. The van der Waals surface area contributed by atoms with Crippen molar-refractivity contribution >= 4 is 38.5 Å². The van der Waals surface area contributed by atoms with Crippen LogP contribution >= 0.6 is 0 Å². The van der Waals surface area contributed by atoms with Gasteiger partial charge < -0.3 is 25.6 Å². The number of rotatable bonds is 18. The summed E-state index contributed by atoms with van der Waals surface area (Å²) in [6.07, 6.45) is 0.853. The van der Waals surface area contributed by atoms with Gasteiger partial charge in [-0.15, -0.1) is 5.11 Å². The number of aliphatic hydroxyl groups is 2. The molecule has 0 saturated carbocycles. The Morgan fingerprint density at radius 1 is 1.02 bits per heavy atom. The predicted molar refractivity (Wildman–Crippen MR) is 171 cm³/mol. The third kappa shape index (κ3) is 9.80. The number of aromatic nitrogens is 1. The fraction of sp³-hybridized carbons (Fsp3) is 0.419. The first-order chi connectivity index (χ1) is 21.2. The SMILES string of the molecule is CCC(C)N(CCO)CCS(=O)(=O)c1ccc(/N=N/c2c(NCCOCCO)nc(Nc3ccccc3)c(C#N)c2C)cc1. The number of azo groups is 1. The van der Waals surface area contributed by atoms with E-state index in [0.29, 0.717) is 60.4 Å². The van der Waals surface area contributed by atoms with Crippen LogP contribution in [-0.2, 0) is 14.6 Å². The lowest BCUT2D eigenvalue weighted by molar-refractivity contribution is 0.0992. The van der Waals surface area contributed by atoms with Crippen LogP contribution in [0.25, 0.3) is 0 Å². The zero-order valence-corrected chi connectivity index (χ0v) is 26.2. The molecule has 1 unspecified atom stereocenters. The second kappa shape index (κ2) is 17.4. The van der Waals surface area contributed by atoms with Crippen LogP contribution in [0.3, 0.4) is 0 Å². The van der Waals surface area contributed by atoms with Gasteiger partial charge in [-0.05, 0) is 56.7 Å². The number of ether oxygens (including phenoxy) is 1. The largest absolute Gasteiger partial charge is 0.395 e. The molecule has 0 fully saturated rings. The molecule has 3 rings (SSSR count). The fourth-order valence-electron chi connectivity index (χ4n) is 4.36. The first-order valence-electron chi connectivity index (χ1n) is 14.5. The number of nitrogens with zero attached hydrogens (tertiary/aromatic N) is 5. The molecule has 1 atom stereocenters. The van der Waals surface area contributed by atoms with E-state index in [0.717, 1.165) is 12.1 Å². The summed E-state index contributed by atoms with van der Waals surface area (Å²) in [5, 5.41) is 43.4. The third-order valence-electron chi connectivity index (χ3n) is 7.05. The molecule has 4 N–H and O–H groups in total. The van der Waals surface area contributed by atoms with Crippen LogP contribution in [0.1, 0.15) is 31.4 Å². The van der Waals surface area contributed by atoms with Crippen LogP contribution < -0.4 is 10.6 Å². The van der Waals surface area contributed by atoms with E-state index in [1.807, 2.05) is 49.1 Å². The molecule has 0 radical (unpaired) electrons. The minimum Gasteiger partial charge on any atom is -0.395 e. The highest BCUT2D eigenvalue weighted by Gasteiger charge is 2.20. The van der Waals surface area contributed by atoms with Crippen LogP contribution in [0.4, 0.5) is 28.7 Å². The average molecular weight is 624 g/mol. The van der Waals surface area contributed by atoms with E-state index < -0.39 is 9.84 Å². The molecule has 0 aliphatic rings. The van der Waals surface area contributed by atoms with Gasteiger partial charge in [0.25, 0.3) is 0 Å². The summed E-state index contributed by atoms with van der Waals surface area (Å²) in [4.78, 5) is 6.79. The maximum absolute atomic E-state index is 13.0. The van der Waals surface area contributed by atoms with Crippen molar-refractivity contribution in [3.05, 3.63) is 65.7 Å². The van der Waals surface area contributed by atoms with Gasteiger partial charge in [-0.1, -0.05) is 25.1 Å². The van der Waals surface area contributed by atoms with Gasteiger partial charge >= 0.3 is 0 Å². The van der Waals surface area contributed by atoms with Gasteiger partial charge in [0, 0.05) is 36.9 Å². The first-order valence-corrected chi connectivity index (χ1v) is 16.2. The number of hydrogen-bond donors (Lipinski definition) is 4. The molecule has 3 aromatic rings. The molecule has 13 heteroatoms. The molecule has 0 spiro atoms. The number of para-hydroxylation sites is 1. The van der Waals surface area contributed by atoms with E-state index in [1.54, 1.807) is 19.1 Å². The van der Waals surface area contributed by atoms with E-state index in [1.165, 1.54) is 12.1 Å². The molecule has 44 heavy (non-hydrogen) atoms. The lowest BCUT2D eigenvalue weighted by Gasteiger charge is -2.27. The zero-order valence-electron chi connectivity index (χ0n) is 25.4. The predicted octanol–water partition coefficient (Wildman–Crippen LogP) is 4.71. The monoisotopic (exact) mass is 623 g/mol. The van der Waals surface area contributed by atoms with Gasteiger partial charge in [0.05, 0.1) is 48.3 Å². The molecule has 0 amide bonds. The molecule has 12 nitrogen and oxygen atoms in total. The summed E-state index contributed by atoms with van der Waals surface area (Å²) in [7, 11) is -3.56. The summed E-state index contributed by atoms with van der Waals surface area (Å²) in [5.41, 5.74) is 2.40. The van der Waals surface area contributed by atoms with Gasteiger partial charge in [0.1, 0.15) is 11.8 Å². The minimum atomic E-state index is -3.56. The van der Waals surface area contributed by atoms with Crippen molar-refractivity contribution < 1.29 is 23.4 Å². The number of sulfone groups is 1. The number of nitriles is 1. The lowest BCUT2D eigenvalue weighted by Crippen LogP contribution is -2.38. The number of nitrogens with one attached hydrogen (secondary N) is 2. The Hall–Kier alpha value is -3.93. The van der Waals surface area contributed by atoms with Crippen LogP contribution in [0.2, 0.25) is 0 Å². The molecule has 0 saturated heterocycles. The smallest absolute Gasteiger partial charge is 0.179 e. The van der Waals surface area contributed by atoms with Crippen molar-refractivity contribution in [2.24, 2.45) is 10.2 Å². The normalized spacial score (nSPS) is 12.4. The van der Waals surface area contributed by atoms with E-state index in [4.69, 9.17) is 9.84 Å². The molecule has 0 aliphatic heterocycles. The zero-order chi connectivity index (χ0) is 32.0. The van der Waals surface area contributed by atoms with E-state index >= 15 is 0 Å². The number of benzene rings is 2. The second-order valence-corrected chi connectivity index (χ2v) is 12.2. The molecule has 1 heterocycles. The number of anilines is 3. The van der Waals surface area contributed by atoms with Crippen LogP contribution in [0.15, 0.2) is 69.7 Å². The Morgan fingerprint density at radius 3 is 2.39 bits per heavy atom. The maximum atomic E-state index is 13.0. The van der Waals surface area contributed by atoms with Crippen LogP contribution in [0.5, 0.6) is 0 Å². The molecule has 2 aromatic carbocycles. The Kier molecular flexibility index (Phi) is 13.7. The van der Waals surface area contributed by atoms with E-state index in [9.17, 15) is 18.8 Å². The summed E-state index contributed by atoms with van der Waals surface area (Å²) < 4.78 is 31.4. The fourth-order valence-corrected chi connectivity index (χ4v) is 5.62. The van der Waals surface area contributed by atoms with E-state index in [-0.39, 0.29) is 36.5 Å². The Bertz CT molecular complexity index is 1510. The Labute approximate surface area is 259 Å². The molecule has 0 bridgehead atoms. The van der Waals surface area contributed by atoms with Crippen molar-refractivity contribution in [2.75, 3.05) is 62.4 Å². The molecule has 1 aromatic heterocycles. The minimum absolute atomic E-state index is 0.0318. The van der Waals surface area contributed by atoms with Gasteiger partial charge in [0.2, 0.25) is 0 Å². The van der Waals surface area contributed by atoms with Crippen molar-refractivity contribution in [1.82, 2.24) is 9.88 Å². The average Bonchev–Trinajstić information content (AvgIpc) is 3.03.